The number of anilines is 1. The summed E-state index contributed by atoms with van der Waals surface area (Å²) in [4.78, 5) is 12.7. The molecular weight excluding hydrogens is 461 g/mol. The minimum Gasteiger partial charge on any atom is -0.339 e. The van der Waals surface area contributed by atoms with Crippen molar-refractivity contribution in [2.75, 3.05) is 5.32 Å². The summed E-state index contributed by atoms with van der Waals surface area (Å²) in [6, 6.07) is 21.3. The molecule has 0 heterocycles. The van der Waals surface area contributed by atoms with Crippen molar-refractivity contribution in [3.05, 3.63) is 77.9 Å². The van der Waals surface area contributed by atoms with Crippen molar-refractivity contribution in [3.8, 4) is 0 Å². The molecule has 1 amide bonds. The van der Waals surface area contributed by atoms with Gasteiger partial charge in [0.15, 0.2) is 5.11 Å². The van der Waals surface area contributed by atoms with Crippen LogP contribution in [0.5, 0.6) is 0 Å². The van der Waals surface area contributed by atoms with Crippen molar-refractivity contribution < 1.29 is 4.79 Å². The first kappa shape index (κ1) is 22.6. The van der Waals surface area contributed by atoms with Crippen LogP contribution < -0.4 is 16.0 Å². The Morgan fingerprint density at radius 1 is 1.00 bits per heavy atom. The van der Waals surface area contributed by atoms with Gasteiger partial charge in [-0.1, -0.05) is 89.4 Å². The number of fused-ring (bicyclic) bond motifs is 1. The van der Waals surface area contributed by atoms with E-state index in [1.807, 2.05) is 73.7 Å². The molecule has 3 rings (SSSR count). The summed E-state index contributed by atoms with van der Waals surface area (Å²) >= 11 is 23.6. The molecule has 0 radical (unpaired) electrons. The molecule has 0 aromatic heterocycles. The Morgan fingerprint density at radius 2 is 1.70 bits per heavy atom. The maximum atomic E-state index is 12.7. The van der Waals surface area contributed by atoms with Crippen LogP contribution in [0, 0.1) is 6.92 Å². The lowest BCUT2D eigenvalue weighted by Gasteiger charge is -2.28. The van der Waals surface area contributed by atoms with Crippen molar-refractivity contribution in [2.24, 2.45) is 0 Å². The average Bonchev–Trinajstić information content (AvgIpc) is 2.67. The molecule has 0 saturated heterocycles. The maximum absolute atomic E-state index is 12.7. The van der Waals surface area contributed by atoms with Crippen LogP contribution in [0.3, 0.4) is 0 Å². The van der Waals surface area contributed by atoms with E-state index >= 15 is 0 Å². The highest BCUT2D eigenvalue weighted by Crippen LogP contribution is 2.29. The average molecular weight is 481 g/mol. The number of halogens is 3. The summed E-state index contributed by atoms with van der Waals surface area (Å²) in [5, 5.41) is 10.9. The molecule has 0 aliphatic rings. The highest BCUT2D eigenvalue weighted by molar-refractivity contribution is 7.80. The number of carbonyl (C=O) groups excluding carboxylic acids is 1. The summed E-state index contributed by atoms with van der Waals surface area (Å²) in [5.74, 6) is -0.298. The third-order valence-corrected chi connectivity index (χ3v) is 5.29. The number of aryl methyl sites for hydroxylation is 1. The monoisotopic (exact) mass is 479 g/mol. The van der Waals surface area contributed by atoms with E-state index in [0.717, 1.165) is 27.6 Å². The first-order valence-corrected chi connectivity index (χ1v) is 10.7. The van der Waals surface area contributed by atoms with Gasteiger partial charge in [-0.25, -0.2) is 0 Å². The molecule has 3 aromatic rings. The van der Waals surface area contributed by atoms with E-state index in [4.69, 9.17) is 47.0 Å². The highest BCUT2D eigenvalue weighted by Gasteiger charge is 2.34. The zero-order valence-corrected chi connectivity index (χ0v) is 19.2. The molecule has 0 aliphatic heterocycles. The second-order valence-corrected chi connectivity index (χ2v) is 9.60. The molecule has 3 aromatic carbocycles. The molecule has 0 aliphatic carbocycles. The molecule has 0 fully saturated rings. The van der Waals surface area contributed by atoms with Crippen LogP contribution >= 0.6 is 47.0 Å². The highest BCUT2D eigenvalue weighted by atomic mass is 35.6. The van der Waals surface area contributed by atoms with Crippen LogP contribution in [0.2, 0.25) is 0 Å². The van der Waals surface area contributed by atoms with Crippen molar-refractivity contribution in [1.29, 1.82) is 0 Å². The molecule has 4 nitrogen and oxygen atoms in total. The molecule has 3 N–H and O–H groups in total. The fourth-order valence-corrected chi connectivity index (χ4v) is 3.62. The van der Waals surface area contributed by atoms with Gasteiger partial charge in [-0.15, -0.1) is 0 Å². The number of nitrogens with one attached hydrogen (secondary N) is 3. The Balaban J connectivity index is 1.68. The fourth-order valence-electron chi connectivity index (χ4n) is 3.05. The third-order valence-electron chi connectivity index (χ3n) is 4.41. The van der Waals surface area contributed by atoms with E-state index in [-0.39, 0.29) is 17.4 Å². The first-order valence-electron chi connectivity index (χ1n) is 9.19. The number of hydrogen-bond acceptors (Lipinski definition) is 2. The zero-order valence-electron chi connectivity index (χ0n) is 16.1. The third kappa shape index (κ3) is 6.22. The van der Waals surface area contributed by atoms with Gasteiger partial charge in [0, 0.05) is 5.69 Å². The lowest BCUT2D eigenvalue weighted by Crippen LogP contribution is -2.56. The van der Waals surface area contributed by atoms with Crippen molar-refractivity contribution in [3.63, 3.8) is 0 Å². The maximum Gasteiger partial charge on any atom is 0.228 e. The van der Waals surface area contributed by atoms with Crippen LogP contribution in [0.15, 0.2) is 66.7 Å². The lowest BCUT2D eigenvalue weighted by atomic mass is 10.0. The predicted molar refractivity (Wildman–Crippen MR) is 130 cm³/mol. The molecule has 8 heteroatoms. The Bertz CT molecular complexity index is 1060. The summed E-state index contributed by atoms with van der Waals surface area (Å²) in [5.41, 5.74) is 2.75. The van der Waals surface area contributed by atoms with Crippen LogP contribution in [0.25, 0.3) is 10.8 Å². The molecule has 0 bridgehead atoms. The van der Waals surface area contributed by atoms with E-state index in [1.54, 1.807) is 0 Å². The topological polar surface area (TPSA) is 53.2 Å². The van der Waals surface area contributed by atoms with Gasteiger partial charge in [-0.05, 0) is 53.2 Å². The Kier molecular flexibility index (Phi) is 7.42. The number of thiocarbonyl (C=S) groups is 1. The van der Waals surface area contributed by atoms with E-state index in [2.05, 4.69) is 16.0 Å². The van der Waals surface area contributed by atoms with Gasteiger partial charge in [-0.3, -0.25) is 4.79 Å². The quantitative estimate of drug-likeness (QED) is 0.257. The lowest BCUT2D eigenvalue weighted by molar-refractivity contribution is -0.121. The zero-order chi connectivity index (χ0) is 21.7. The number of carbonyl (C=O) groups is 1. The standard InChI is InChI=1S/C22H20Cl3N3OS/c1-14-6-4-10-17(12-14)26-21(30)28-20(22(23,24)25)27-19(29)13-16-9-5-8-15-7-2-3-11-18(15)16/h2-12,20H,13H2,1H3,(H,27,29)(H2,26,28,30)/t20-/m1/s1. The Morgan fingerprint density at radius 3 is 2.43 bits per heavy atom. The second-order valence-electron chi connectivity index (χ2n) is 6.83. The molecular formula is C22H20Cl3N3OS. The van der Waals surface area contributed by atoms with Gasteiger partial charge in [0.2, 0.25) is 9.70 Å². The molecule has 156 valence electrons. The Hall–Kier alpha value is -2.05. The van der Waals surface area contributed by atoms with E-state index in [1.165, 1.54) is 0 Å². The first-order chi connectivity index (χ1) is 14.2. The predicted octanol–water partition coefficient (Wildman–Crippen LogP) is 5.49. The van der Waals surface area contributed by atoms with Crippen LogP contribution in [-0.4, -0.2) is 21.0 Å². The van der Waals surface area contributed by atoms with Crippen molar-refractivity contribution in [1.82, 2.24) is 10.6 Å². The molecule has 0 unspecified atom stereocenters. The van der Waals surface area contributed by atoms with Gasteiger partial charge in [0.1, 0.15) is 6.17 Å². The van der Waals surface area contributed by atoms with Gasteiger partial charge in [0.05, 0.1) is 6.42 Å². The molecule has 0 saturated carbocycles. The minimum absolute atomic E-state index is 0.137. The smallest absolute Gasteiger partial charge is 0.228 e. The number of alkyl halides is 3. The fraction of sp³-hybridized carbons (Fsp3) is 0.182. The molecule has 1 atom stereocenters. The summed E-state index contributed by atoms with van der Waals surface area (Å²) in [6.07, 6.45) is -0.881. The second kappa shape index (κ2) is 9.84. The number of amides is 1. The normalized spacial score (nSPS) is 12.3. The summed E-state index contributed by atoms with van der Waals surface area (Å²) in [6.45, 7) is 1.97. The van der Waals surface area contributed by atoms with E-state index in [9.17, 15) is 4.79 Å². The Labute approximate surface area is 195 Å². The van der Waals surface area contributed by atoms with E-state index < -0.39 is 9.96 Å². The number of hydrogen-bond donors (Lipinski definition) is 3. The van der Waals surface area contributed by atoms with E-state index in [0.29, 0.717) is 0 Å². The summed E-state index contributed by atoms with van der Waals surface area (Å²) in [7, 11) is 0. The van der Waals surface area contributed by atoms with Gasteiger partial charge < -0.3 is 16.0 Å². The minimum atomic E-state index is -1.81. The van der Waals surface area contributed by atoms with Gasteiger partial charge in [0.25, 0.3) is 0 Å². The number of rotatable bonds is 5. The number of benzene rings is 3. The largest absolute Gasteiger partial charge is 0.339 e. The van der Waals surface area contributed by atoms with Crippen molar-refractivity contribution in [2.45, 2.75) is 23.3 Å². The van der Waals surface area contributed by atoms with Gasteiger partial charge >= 0.3 is 0 Å². The summed E-state index contributed by atoms with van der Waals surface area (Å²) < 4.78 is -1.81. The van der Waals surface area contributed by atoms with Crippen molar-refractivity contribution >= 4 is 74.5 Å². The molecule has 0 spiro atoms. The SMILES string of the molecule is Cc1cccc(NC(=S)N[C@@H](NC(=O)Cc2cccc3ccccc23)C(Cl)(Cl)Cl)c1. The van der Waals surface area contributed by atoms with Gasteiger partial charge in [-0.2, -0.15) is 0 Å². The van der Waals surface area contributed by atoms with Crippen LogP contribution in [0.1, 0.15) is 11.1 Å². The van der Waals surface area contributed by atoms with Crippen LogP contribution in [-0.2, 0) is 11.2 Å². The van der Waals surface area contributed by atoms with Crippen LogP contribution in [0.4, 0.5) is 5.69 Å². The molecule has 30 heavy (non-hydrogen) atoms.